The van der Waals surface area contributed by atoms with Gasteiger partial charge in [-0.25, -0.2) is 9.78 Å². The van der Waals surface area contributed by atoms with Crippen molar-refractivity contribution in [3.05, 3.63) is 23.0 Å². The number of carbonyl (C=O) groups is 2. The van der Waals surface area contributed by atoms with Crippen molar-refractivity contribution in [3.63, 3.8) is 0 Å². The molecule has 0 aromatic carbocycles. The Morgan fingerprint density at radius 2 is 1.95 bits per heavy atom. The normalized spacial score (nSPS) is 12.5. The lowest BCUT2D eigenvalue weighted by Crippen LogP contribution is -2.39. The number of nitrogens with zero attached hydrogens (tertiary/aromatic N) is 2. The summed E-state index contributed by atoms with van der Waals surface area (Å²) in [5.74, 6) is -0.944. The third-order valence-electron chi connectivity index (χ3n) is 3.05. The first-order valence-electron chi connectivity index (χ1n) is 7.04. The molecule has 2 aromatic rings. The lowest BCUT2D eigenvalue weighted by molar-refractivity contribution is -0.129. The van der Waals surface area contributed by atoms with Crippen molar-refractivity contribution in [2.75, 3.05) is 0 Å². The zero-order chi connectivity index (χ0) is 16.4. The van der Waals surface area contributed by atoms with Crippen molar-refractivity contribution in [3.8, 4) is 0 Å². The smallest absolute Gasteiger partial charge is 0.339 e. The second-order valence-electron chi connectivity index (χ2n) is 5.47. The summed E-state index contributed by atoms with van der Waals surface area (Å²) >= 11 is 0. The van der Waals surface area contributed by atoms with Gasteiger partial charge in [0, 0.05) is 11.7 Å². The Morgan fingerprint density at radius 1 is 1.27 bits per heavy atom. The quantitative estimate of drug-likeness (QED) is 0.867. The molecular weight excluding hydrogens is 286 g/mol. The summed E-state index contributed by atoms with van der Waals surface area (Å²) in [6, 6.07) is 1.57. The van der Waals surface area contributed by atoms with Gasteiger partial charge in [0.1, 0.15) is 0 Å². The van der Waals surface area contributed by atoms with Crippen LogP contribution in [0.2, 0.25) is 0 Å². The minimum absolute atomic E-state index is 0.0242. The number of fused-ring (bicyclic) bond motifs is 1. The average molecular weight is 305 g/mol. The van der Waals surface area contributed by atoms with E-state index in [-0.39, 0.29) is 17.7 Å². The molecule has 22 heavy (non-hydrogen) atoms. The van der Waals surface area contributed by atoms with Gasteiger partial charge in [-0.1, -0.05) is 5.16 Å². The zero-order valence-corrected chi connectivity index (χ0v) is 13.3. The van der Waals surface area contributed by atoms with E-state index in [9.17, 15) is 9.59 Å². The molecule has 2 heterocycles. The number of carbonyl (C=O) groups excluding carboxylic acids is 2. The average Bonchev–Trinajstić information content (AvgIpc) is 2.78. The van der Waals surface area contributed by atoms with E-state index in [1.54, 1.807) is 19.9 Å². The van der Waals surface area contributed by atoms with E-state index in [0.29, 0.717) is 22.3 Å². The van der Waals surface area contributed by atoms with E-state index < -0.39 is 12.1 Å². The number of nitrogens with one attached hydrogen (secondary N) is 1. The highest BCUT2D eigenvalue weighted by Crippen LogP contribution is 2.22. The van der Waals surface area contributed by atoms with E-state index in [4.69, 9.17) is 9.26 Å². The first-order chi connectivity index (χ1) is 10.3. The highest BCUT2D eigenvalue weighted by Gasteiger charge is 2.23. The van der Waals surface area contributed by atoms with Gasteiger partial charge >= 0.3 is 5.97 Å². The molecule has 0 spiro atoms. The lowest BCUT2D eigenvalue weighted by Gasteiger charge is -2.15. The van der Waals surface area contributed by atoms with Gasteiger partial charge in [-0.15, -0.1) is 0 Å². The van der Waals surface area contributed by atoms with Crippen molar-refractivity contribution >= 4 is 23.0 Å². The Morgan fingerprint density at radius 3 is 2.59 bits per heavy atom. The molecule has 0 saturated carbocycles. The van der Waals surface area contributed by atoms with Crippen LogP contribution in [0.3, 0.4) is 0 Å². The van der Waals surface area contributed by atoms with Gasteiger partial charge in [0.25, 0.3) is 11.6 Å². The van der Waals surface area contributed by atoms with Gasteiger partial charge in [0.2, 0.25) is 0 Å². The van der Waals surface area contributed by atoms with Gasteiger partial charge in [0.05, 0.1) is 16.6 Å². The Hall–Kier alpha value is -2.44. The molecule has 0 aliphatic rings. The van der Waals surface area contributed by atoms with Crippen LogP contribution in [0, 0.1) is 13.8 Å². The van der Waals surface area contributed by atoms with Crippen LogP contribution in [0.4, 0.5) is 0 Å². The van der Waals surface area contributed by atoms with Crippen molar-refractivity contribution in [1.29, 1.82) is 0 Å². The second kappa shape index (κ2) is 6.13. The molecule has 0 fully saturated rings. The SMILES string of the molecule is Cc1cc(C(=O)O[C@@H](C)C(=O)NC(C)C)c2c(C)noc2n1. The number of esters is 1. The predicted octanol–water partition coefficient (Wildman–Crippen LogP) is 1.91. The van der Waals surface area contributed by atoms with Crippen LogP contribution >= 0.6 is 0 Å². The number of pyridine rings is 1. The predicted molar refractivity (Wildman–Crippen MR) is 79.4 cm³/mol. The van der Waals surface area contributed by atoms with Gasteiger partial charge < -0.3 is 14.6 Å². The molecule has 0 unspecified atom stereocenters. The monoisotopic (exact) mass is 305 g/mol. The Balaban J connectivity index is 2.26. The summed E-state index contributed by atoms with van der Waals surface area (Å²) in [5.41, 5.74) is 1.73. The fourth-order valence-electron chi connectivity index (χ4n) is 2.06. The summed E-state index contributed by atoms with van der Waals surface area (Å²) in [6.45, 7) is 8.66. The maximum absolute atomic E-state index is 12.4. The number of hydrogen-bond acceptors (Lipinski definition) is 6. The molecule has 1 atom stereocenters. The van der Waals surface area contributed by atoms with Gasteiger partial charge in [0.15, 0.2) is 6.10 Å². The minimum atomic E-state index is -0.890. The van der Waals surface area contributed by atoms with E-state index in [1.807, 2.05) is 13.8 Å². The summed E-state index contributed by atoms with van der Waals surface area (Å²) in [6.07, 6.45) is -0.890. The molecule has 0 aliphatic heterocycles. The molecule has 7 heteroatoms. The maximum Gasteiger partial charge on any atom is 0.339 e. The number of aryl methyl sites for hydroxylation is 2. The van der Waals surface area contributed by atoms with E-state index in [1.165, 1.54) is 6.92 Å². The summed E-state index contributed by atoms with van der Waals surface area (Å²) in [5, 5.41) is 7.01. The largest absolute Gasteiger partial charge is 0.449 e. The van der Waals surface area contributed by atoms with Gasteiger partial charge in [-0.05, 0) is 40.7 Å². The van der Waals surface area contributed by atoms with Crippen LogP contribution in [0.5, 0.6) is 0 Å². The van der Waals surface area contributed by atoms with E-state index >= 15 is 0 Å². The minimum Gasteiger partial charge on any atom is -0.449 e. The van der Waals surface area contributed by atoms with Crippen LogP contribution in [0.15, 0.2) is 10.6 Å². The van der Waals surface area contributed by atoms with Gasteiger partial charge in [-0.3, -0.25) is 4.79 Å². The highest BCUT2D eigenvalue weighted by atomic mass is 16.5. The fraction of sp³-hybridized carbons (Fsp3) is 0.467. The summed E-state index contributed by atoms with van der Waals surface area (Å²) in [7, 11) is 0. The van der Waals surface area contributed by atoms with Gasteiger partial charge in [-0.2, -0.15) is 0 Å². The molecule has 0 saturated heterocycles. The molecule has 7 nitrogen and oxygen atoms in total. The number of rotatable bonds is 4. The molecule has 0 radical (unpaired) electrons. The standard InChI is InChI=1S/C15H19N3O4/c1-7(2)16-13(19)10(5)21-15(20)11-6-8(3)17-14-12(11)9(4)18-22-14/h6-7,10H,1-5H3,(H,16,19)/t10-/m0/s1. The molecule has 1 N–H and O–H groups in total. The van der Waals surface area contributed by atoms with Crippen molar-refractivity contribution < 1.29 is 18.8 Å². The molecule has 2 aromatic heterocycles. The summed E-state index contributed by atoms with van der Waals surface area (Å²) < 4.78 is 10.3. The number of hydrogen-bond donors (Lipinski definition) is 1. The van der Waals surface area contributed by atoms with Crippen molar-refractivity contribution in [1.82, 2.24) is 15.5 Å². The molecule has 2 rings (SSSR count). The zero-order valence-electron chi connectivity index (χ0n) is 13.3. The number of aromatic nitrogens is 2. The first kappa shape index (κ1) is 15.9. The third-order valence-corrected chi connectivity index (χ3v) is 3.05. The fourth-order valence-corrected chi connectivity index (χ4v) is 2.06. The first-order valence-corrected chi connectivity index (χ1v) is 7.04. The summed E-state index contributed by atoms with van der Waals surface area (Å²) in [4.78, 5) is 28.4. The molecule has 0 bridgehead atoms. The Kier molecular flexibility index (Phi) is 4.44. The molecule has 0 aliphatic carbocycles. The maximum atomic E-state index is 12.4. The van der Waals surface area contributed by atoms with Crippen molar-refractivity contribution in [2.45, 2.75) is 46.8 Å². The van der Waals surface area contributed by atoms with Crippen LogP contribution in [-0.4, -0.2) is 34.2 Å². The van der Waals surface area contributed by atoms with E-state index in [0.717, 1.165) is 0 Å². The number of amides is 1. The second-order valence-corrected chi connectivity index (χ2v) is 5.47. The van der Waals surface area contributed by atoms with Crippen LogP contribution in [0.25, 0.3) is 11.1 Å². The topological polar surface area (TPSA) is 94.3 Å². The molecule has 1 amide bonds. The third kappa shape index (κ3) is 3.24. The molecule has 118 valence electrons. The van der Waals surface area contributed by atoms with Crippen molar-refractivity contribution in [2.24, 2.45) is 0 Å². The van der Waals surface area contributed by atoms with Crippen LogP contribution < -0.4 is 5.32 Å². The Labute approximate surface area is 128 Å². The molecular formula is C15H19N3O4. The van der Waals surface area contributed by atoms with Crippen LogP contribution in [-0.2, 0) is 9.53 Å². The highest BCUT2D eigenvalue weighted by molar-refractivity contribution is 6.04. The van der Waals surface area contributed by atoms with Crippen LogP contribution in [0.1, 0.15) is 42.5 Å². The lowest BCUT2D eigenvalue weighted by atomic mass is 10.1. The Bertz CT molecular complexity index is 721. The number of ether oxygens (including phenoxy) is 1. The van der Waals surface area contributed by atoms with E-state index in [2.05, 4.69) is 15.5 Å².